The highest BCUT2D eigenvalue weighted by Gasteiger charge is 2.35. The van der Waals surface area contributed by atoms with Gasteiger partial charge in [-0.15, -0.1) is 0 Å². The van der Waals surface area contributed by atoms with Crippen molar-refractivity contribution in [3.8, 4) is 0 Å². The SMILES string of the molecule is COC(=O)[C@@H]1CNC[C@@H](N(CC(C)C)C(=O)c2cnc(C(C)(C)C)nc2NCc2ccco2)C1. The fourth-order valence-electron chi connectivity index (χ4n) is 4.07. The van der Waals surface area contributed by atoms with E-state index in [-0.39, 0.29) is 35.2 Å². The Bertz CT molecular complexity index is 968. The molecule has 1 fully saturated rings. The molecule has 0 bridgehead atoms. The first-order valence-electron chi connectivity index (χ1n) is 11.8. The lowest BCUT2D eigenvalue weighted by atomic mass is 9.93. The van der Waals surface area contributed by atoms with Crippen LogP contribution in [0.1, 0.15) is 63.0 Å². The molecule has 0 radical (unpaired) electrons. The van der Waals surface area contributed by atoms with Gasteiger partial charge in [0.25, 0.3) is 5.91 Å². The van der Waals surface area contributed by atoms with Gasteiger partial charge in [-0.1, -0.05) is 34.6 Å². The van der Waals surface area contributed by atoms with Crippen LogP contribution in [-0.2, 0) is 21.5 Å². The first kappa shape index (κ1) is 25.7. The Morgan fingerprint density at radius 2 is 2.09 bits per heavy atom. The zero-order valence-corrected chi connectivity index (χ0v) is 21.1. The Kier molecular flexibility index (Phi) is 8.30. The molecule has 0 unspecified atom stereocenters. The van der Waals surface area contributed by atoms with Crippen LogP contribution in [0, 0.1) is 11.8 Å². The normalized spacial score (nSPS) is 18.6. The van der Waals surface area contributed by atoms with Gasteiger partial charge in [0, 0.05) is 37.3 Å². The summed E-state index contributed by atoms with van der Waals surface area (Å²) in [6.45, 7) is 12.4. The number of carbonyl (C=O) groups is 2. The quantitative estimate of drug-likeness (QED) is 0.565. The third-order valence-electron chi connectivity index (χ3n) is 5.83. The summed E-state index contributed by atoms with van der Waals surface area (Å²) < 4.78 is 10.4. The Labute approximate surface area is 201 Å². The van der Waals surface area contributed by atoms with Crippen LogP contribution in [0.5, 0.6) is 0 Å². The number of piperidine rings is 1. The molecule has 3 rings (SSSR count). The molecular weight excluding hydrogens is 434 g/mol. The Morgan fingerprint density at radius 1 is 1.32 bits per heavy atom. The number of hydrogen-bond acceptors (Lipinski definition) is 8. The minimum absolute atomic E-state index is 0.145. The van der Waals surface area contributed by atoms with Gasteiger partial charge >= 0.3 is 5.97 Å². The number of ether oxygens (including phenoxy) is 1. The zero-order chi connectivity index (χ0) is 24.9. The highest BCUT2D eigenvalue weighted by Crippen LogP contribution is 2.26. The van der Waals surface area contributed by atoms with Crippen LogP contribution in [0.15, 0.2) is 29.0 Å². The minimum Gasteiger partial charge on any atom is -0.469 e. The highest BCUT2D eigenvalue weighted by molar-refractivity contribution is 5.98. The largest absolute Gasteiger partial charge is 0.469 e. The third kappa shape index (κ3) is 6.34. The van der Waals surface area contributed by atoms with Gasteiger partial charge in [-0.05, 0) is 24.5 Å². The van der Waals surface area contributed by atoms with Crippen molar-refractivity contribution in [3.05, 3.63) is 41.7 Å². The van der Waals surface area contributed by atoms with Crippen molar-refractivity contribution in [1.29, 1.82) is 0 Å². The average molecular weight is 472 g/mol. The van der Waals surface area contributed by atoms with E-state index in [9.17, 15) is 9.59 Å². The van der Waals surface area contributed by atoms with Crippen LogP contribution in [-0.4, -0.2) is 59.5 Å². The molecule has 3 heterocycles. The van der Waals surface area contributed by atoms with E-state index >= 15 is 0 Å². The molecule has 9 nitrogen and oxygen atoms in total. The maximum atomic E-state index is 13.9. The molecule has 2 N–H and O–H groups in total. The number of furan rings is 1. The van der Waals surface area contributed by atoms with Gasteiger partial charge in [0.2, 0.25) is 0 Å². The number of anilines is 1. The van der Waals surface area contributed by atoms with E-state index in [1.165, 1.54) is 7.11 Å². The van der Waals surface area contributed by atoms with Gasteiger partial charge in [-0.3, -0.25) is 9.59 Å². The number of carbonyl (C=O) groups excluding carboxylic acids is 2. The lowest BCUT2D eigenvalue weighted by Gasteiger charge is -2.38. The first-order chi connectivity index (χ1) is 16.1. The average Bonchev–Trinajstić information content (AvgIpc) is 3.33. The van der Waals surface area contributed by atoms with E-state index in [2.05, 4.69) is 29.5 Å². The standard InChI is InChI=1S/C25H37N5O4/c1-16(2)15-30(18-10-17(11-26-12-18)23(32)33-6)22(31)20-14-28-24(25(3,4)5)29-21(20)27-13-19-8-7-9-34-19/h7-9,14,16-18,26H,10-13,15H2,1-6H3,(H,27,28,29)/t17-,18-/m0/s1. The summed E-state index contributed by atoms with van der Waals surface area (Å²) in [4.78, 5) is 37.2. The highest BCUT2D eigenvalue weighted by atomic mass is 16.5. The molecule has 1 aliphatic rings. The number of nitrogens with zero attached hydrogens (tertiary/aromatic N) is 3. The Morgan fingerprint density at radius 3 is 2.71 bits per heavy atom. The molecule has 34 heavy (non-hydrogen) atoms. The second-order valence-corrected chi connectivity index (χ2v) is 10.3. The van der Waals surface area contributed by atoms with Crippen molar-refractivity contribution in [2.24, 2.45) is 11.8 Å². The molecule has 2 atom stereocenters. The van der Waals surface area contributed by atoms with Crippen LogP contribution in [0.4, 0.5) is 5.82 Å². The van der Waals surface area contributed by atoms with Gasteiger partial charge in [-0.2, -0.15) is 0 Å². The van der Waals surface area contributed by atoms with Crippen molar-refractivity contribution in [2.45, 2.75) is 59.0 Å². The third-order valence-corrected chi connectivity index (χ3v) is 5.83. The number of rotatable bonds is 8. The molecule has 0 saturated carbocycles. The maximum absolute atomic E-state index is 13.9. The van der Waals surface area contributed by atoms with Gasteiger partial charge in [0.1, 0.15) is 23.0 Å². The molecule has 2 aromatic rings. The molecule has 1 amide bonds. The zero-order valence-electron chi connectivity index (χ0n) is 21.1. The number of methoxy groups -OCH3 is 1. The molecule has 2 aromatic heterocycles. The number of hydrogen-bond donors (Lipinski definition) is 2. The minimum atomic E-state index is -0.290. The summed E-state index contributed by atoms with van der Waals surface area (Å²) in [6, 6.07) is 3.54. The molecule has 0 aromatic carbocycles. The van der Waals surface area contributed by atoms with E-state index in [1.54, 1.807) is 12.5 Å². The molecular formula is C25H37N5O4. The lowest BCUT2D eigenvalue weighted by molar-refractivity contribution is -0.146. The van der Waals surface area contributed by atoms with E-state index in [0.29, 0.717) is 49.8 Å². The van der Waals surface area contributed by atoms with Gasteiger partial charge < -0.3 is 24.7 Å². The predicted octanol–water partition coefficient (Wildman–Crippen LogP) is 3.23. The van der Waals surface area contributed by atoms with Crippen molar-refractivity contribution in [3.63, 3.8) is 0 Å². The molecule has 0 aliphatic carbocycles. The monoisotopic (exact) mass is 471 g/mol. The number of esters is 1. The van der Waals surface area contributed by atoms with Crippen molar-refractivity contribution in [2.75, 3.05) is 32.1 Å². The second kappa shape index (κ2) is 11.0. The molecule has 0 spiro atoms. The van der Waals surface area contributed by atoms with Gasteiger partial charge in [-0.25, -0.2) is 9.97 Å². The predicted molar refractivity (Wildman–Crippen MR) is 129 cm³/mol. The second-order valence-electron chi connectivity index (χ2n) is 10.3. The summed E-state index contributed by atoms with van der Waals surface area (Å²) in [5.41, 5.74) is 0.127. The van der Waals surface area contributed by atoms with E-state index in [0.717, 1.165) is 5.76 Å². The fraction of sp³-hybridized carbons (Fsp3) is 0.600. The van der Waals surface area contributed by atoms with Crippen molar-refractivity contribution < 1.29 is 18.7 Å². The van der Waals surface area contributed by atoms with E-state index in [1.807, 2.05) is 37.8 Å². The number of nitrogens with one attached hydrogen (secondary N) is 2. The topological polar surface area (TPSA) is 110 Å². The summed E-state index contributed by atoms with van der Waals surface area (Å²) in [7, 11) is 1.40. The van der Waals surface area contributed by atoms with Crippen molar-refractivity contribution in [1.82, 2.24) is 20.2 Å². The van der Waals surface area contributed by atoms with Crippen LogP contribution >= 0.6 is 0 Å². The summed E-state index contributed by atoms with van der Waals surface area (Å²) in [5.74, 6) is 1.40. The molecule has 1 aliphatic heterocycles. The number of amides is 1. The maximum Gasteiger partial charge on any atom is 0.310 e. The first-order valence-corrected chi connectivity index (χ1v) is 11.8. The van der Waals surface area contributed by atoms with Crippen LogP contribution in [0.3, 0.4) is 0 Å². The smallest absolute Gasteiger partial charge is 0.310 e. The van der Waals surface area contributed by atoms with Gasteiger partial charge in [0.05, 0.1) is 25.8 Å². The summed E-state index contributed by atoms with van der Waals surface area (Å²) >= 11 is 0. The van der Waals surface area contributed by atoms with Crippen LogP contribution in [0.25, 0.3) is 0 Å². The Hall–Kier alpha value is -2.94. The molecule has 1 saturated heterocycles. The van der Waals surface area contributed by atoms with Crippen molar-refractivity contribution >= 4 is 17.7 Å². The summed E-state index contributed by atoms with van der Waals surface area (Å²) in [6.07, 6.45) is 3.78. The number of aromatic nitrogens is 2. The van der Waals surface area contributed by atoms with E-state index in [4.69, 9.17) is 14.1 Å². The van der Waals surface area contributed by atoms with Crippen LogP contribution in [0.2, 0.25) is 0 Å². The van der Waals surface area contributed by atoms with Crippen LogP contribution < -0.4 is 10.6 Å². The Balaban J connectivity index is 1.93. The molecule has 9 heteroatoms. The fourth-order valence-corrected chi connectivity index (χ4v) is 4.07. The summed E-state index contributed by atoms with van der Waals surface area (Å²) in [5, 5.41) is 6.57. The molecule has 186 valence electrons. The van der Waals surface area contributed by atoms with E-state index < -0.39 is 0 Å². The lowest BCUT2D eigenvalue weighted by Crippen LogP contribution is -2.53. The van der Waals surface area contributed by atoms with Gasteiger partial charge in [0.15, 0.2) is 0 Å².